The van der Waals surface area contributed by atoms with Gasteiger partial charge < -0.3 is 5.11 Å². The predicted molar refractivity (Wildman–Crippen MR) is 72.5 cm³/mol. The van der Waals surface area contributed by atoms with Gasteiger partial charge in [0.1, 0.15) is 5.82 Å². The lowest BCUT2D eigenvalue weighted by atomic mass is 10.1. The average molecular weight is 278 g/mol. The van der Waals surface area contributed by atoms with E-state index in [0.717, 1.165) is 4.57 Å². The zero-order valence-electron chi connectivity index (χ0n) is 11.0. The van der Waals surface area contributed by atoms with Gasteiger partial charge in [-0.3, -0.25) is 14.3 Å². The highest BCUT2D eigenvalue weighted by Crippen LogP contribution is 2.12. The number of rotatable bonds is 4. The summed E-state index contributed by atoms with van der Waals surface area (Å²) >= 11 is 0. The number of halogens is 1. The van der Waals surface area contributed by atoms with E-state index in [1.165, 1.54) is 12.1 Å². The maximum atomic E-state index is 13.1. The molecule has 20 heavy (non-hydrogen) atoms. The van der Waals surface area contributed by atoms with Crippen molar-refractivity contribution in [3.8, 4) is 5.88 Å². The molecule has 2 aromatic rings. The SMILES string of the molecule is CCc1c(O)n(CCc2cccc(F)c2)c(=O)[nH]c1=O. The van der Waals surface area contributed by atoms with Gasteiger partial charge in [-0.25, -0.2) is 9.18 Å². The van der Waals surface area contributed by atoms with Crippen LogP contribution in [0, 0.1) is 5.82 Å². The van der Waals surface area contributed by atoms with Crippen molar-refractivity contribution in [1.82, 2.24) is 9.55 Å². The monoisotopic (exact) mass is 278 g/mol. The van der Waals surface area contributed by atoms with Gasteiger partial charge in [-0.05, 0) is 30.5 Å². The van der Waals surface area contributed by atoms with Gasteiger partial charge in [-0.1, -0.05) is 19.1 Å². The second-order valence-corrected chi connectivity index (χ2v) is 4.45. The molecule has 0 unspecified atom stereocenters. The number of aromatic hydroxyl groups is 1. The molecule has 2 N–H and O–H groups in total. The van der Waals surface area contributed by atoms with Gasteiger partial charge in [0.05, 0.1) is 5.56 Å². The normalized spacial score (nSPS) is 10.7. The first-order valence-corrected chi connectivity index (χ1v) is 6.32. The topological polar surface area (TPSA) is 75.1 Å². The molecule has 5 nitrogen and oxygen atoms in total. The molecule has 1 aromatic heterocycles. The molecule has 0 aliphatic carbocycles. The molecule has 0 radical (unpaired) electrons. The number of aryl methyl sites for hydroxylation is 1. The minimum absolute atomic E-state index is 0.165. The van der Waals surface area contributed by atoms with Crippen LogP contribution < -0.4 is 11.2 Å². The number of H-pyrrole nitrogens is 1. The van der Waals surface area contributed by atoms with Crippen molar-refractivity contribution in [2.45, 2.75) is 26.3 Å². The smallest absolute Gasteiger partial charge is 0.331 e. The molecule has 0 amide bonds. The van der Waals surface area contributed by atoms with Gasteiger partial charge in [0, 0.05) is 6.54 Å². The van der Waals surface area contributed by atoms with E-state index in [1.54, 1.807) is 19.1 Å². The third-order valence-corrected chi connectivity index (χ3v) is 3.13. The second kappa shape index (κ2) is 5.73. The van der Waals surface area contributed by atoms with Crippen LogP contribution in [0.3, 0.4) is 0 Å². The summed E-state index contributed by atoms with van der Waals surface area (Å²) in [6, 6.07) is 6.02. The standard InChI is InChI=1S/C14H15FN2O3/c1-2-11-12(18)16-14(20)17(13(11)19)7-6-9-4-3-5-10(15)8-9/h3-5,8,19H,2,6-7H2,1H3,(H,16,18,20). The molecule has 106 valence electrons. The summed E-state index contributed by atoms with van der Waals surface area (Å²) in [6.45, 7) is 1.88. The Hall–Kier alpha value is -2.37. The molecule has 0 bridgehead atoms. The van der Waals surface area contributed by atoms with Gasteiger partial charge in [-0.2, -0.15) is 0 Å². The van der Waals surface area contributed by atoms with Crippen LogP contribution in [0.5, 0.6) is 5.88 Å². The Bertz CT molecular complexity index is 734. The minimum atomic E-state index is -0.666. The summed E-state index contributed by atoms with van der Waals surface area (Å²) < 4.78 is 14.1. The quantitative estimate of drug-likeness (QED) is 0.882. The van der Waals surface area contributed by atoms with E-state index in [-0.39, 0.29) is 23.8 Å². The molecule has 0 aliphatic rings. The van der Waals surface area contributed by atoms with E-state index in [9.17, 15) is 19.1 Å². The van der Waals surface area contributed by atoms with Crippen LogP contribution in [0.15, 0.2) is 33.9 Å². The molecule has 0 aliphatic heterocycles. The first kappa shape index (κ1) is 14.0. The van der Waals surface area contributed by atoms with Crippen molar-refractivity contribution >= 4 is 0 Å². The number of nitrogens with zero attached hydrogens (tertiary/aromatic N) is 1. The maximum Gasteiger partial charge on any atom is 0.331 e. The summed E-state index contributed by atoms with van der Waals surface area (Å²) in [5.41, 5.74) is -0.359. The molecular weight excluding hydrogens is 263 g/mol. The van der Waals surface area contributed by atoms with Crippen molar-refractivity contribution in [1.29, 1.82) is 0 Å². The van der Waals surface area contributed by atoms with E-state index in [2.05, 4.69) is 4.98 Å². The Morgan fingerprint density at radius 3 is 2.75 bits per heavy atom. The number of hydrogen-bond acceptors (Lipinski definition) is 3. The fourth-order valence-electron chi connectivity index (χ4n) is 2.06. The first-order valence-electron chi connectivity index (χ1n) is 6.32. The third kappa shape index (κ3) is 2.79. The van der Waals surface area contributed by atoms with Crippen LogP contribution in [0.25, 0.3) is 0 Å². The fraction of sp³-hybridized carbons (Fsp3) is 0.286. The fourth-order valence-corrected chi connectivity index (χ4v) is 2.06. The molecule has 2 rings (SSSR count). The first-order chi connectivity index (χ1) is 9.52. The van der Waals surface area contributed by atoms with Gasteiger partial charge in [0.15, 0.2) is 0 Å². The number of nitrogens with one attached hydrogen (secondary N) is 1. The van der Waals surface area contributed by atoms with Crippen LogP contribution in [-0.4, -0.2) is 14.7 Å². The van der Waals surface area contributed by atoms with Crippen molar-refractivity contribution < 1.29 is 9.50 Å². The molecule has 0 atom stereocenters. The number of aromatic nitrogens is 2. The van der Waals surface area contributed by atoms with E-state index in [0.29, 0.717) is 18.4 Å². The lowest BCUT2D eigenvalue weighted by Crippen LogP contribution is -2.32. The number of aromatic amines is 1. The lowest BCUT2D eigenvalue weighted by molar-refractivity contribution is 0.393. The molecular formula is C14H15FN2O3. The van der Waals surface area contributed by atoms with E-state index in [4.69, 9.17) is 0 Å². The van der Waals surface area contributed by atoms with Crippen LogP contribution in [-0.2, 0) is 19.4 Å². The number of hydrogen-bond donors (Lipinski definition) is 2. The van der Waals surface area contributed by atoms with Gasteiger partial charge in [-0.15, -0.1) is 0 Å². The number of benzene rings is 1. The lowest BCUT2D eigenvalue weighted by Gasteiger charge is -2.10. The highest BCUT2D eigenvalue weighted by atomic mass is 19.1. The van der Waals surface area contributed by atoms with Crippen LogP contribution in [0.2, 0.25) is 0 Å². The van der Waals surface area contributed by atoms with E-state index >= 15 is 0 Å². The summed E-state index contributed by atoms with van der Waals surface area (Å²) in [5, 5.41) is 9.95. The maximum absolute atomic E-state index is 13.1. The zero-order chi connectivity index (χ0) is 14.7. The molecule has 1 heterocycles. The Labute approximate surface area is 114 Å². The predicted octanol–water partition coefficient (Wildman–Crippen LogP) is 1.19. The highest BCUT2D eigenvalue weighted by Gasteiger charge is 2.12. The summed E-state index contributed by atoms with van der Waals surface area (Å²) in [6.07, 6.45) is 0.696. The van der Waals surface area contributed by atoms with E-state index < -0.39 is 11.2 Å². The van der Waals surface area contributed by atoms with Crippen LogP contribution in [0.1, 0.15) is 18.1 Å². The average Bonchev–Trinajstić information content (AvgIpc) is 2.38. The molecule has 6 heteroatoms. The van der Waals surface area contributed by atoms with Gasteiger partial charge in [0.2, 0.25) is 5.88 Å². The second-order valence-electron chi connectivity index (χ2n) is 4.45. The summed E-state index contributed by atoms with van der Waals surface area (Å²) in [5.74, 6) is -0.674. The summed E-state index contributed by atoms with van der Waals surface area (Å²) in [4.78, 5) is 25.3. The molecule has 0 saturated heterocycles. The largest absolute Gasteiger partial charge is 0.494 e. The molecule has 0 saturated carbocycles. The zero-order valence-corrected chi connectivity index (χ0v) is 11.0. The van der Waals surface area contributed by atoms with Crippen molar-refractivity contribution in [3.05, 3.63) is 62.0 Å². The Morgan fingerprint density at radius 1 is 1.35 bits per heavy atom. The Morgan fingerprint density at radius 2 is 2.10 bits per heavy atom. The Balaban J connectivity index is 2.30. The van der Waals surface area contributed by atoms with Crippen molar-refractivity contribution in [3.63, 3.8) is 0 Å². The molecule has 0 fully saturated rings. The summed E-state index contributed by atoms with van der Waals surface area (Å²) in [7, 11) is 0. The minimum Gasteiger partial charge on any atom is -0.494 e. The highest BCUT2D eigenvalue weighted by molar-refractivity contribution is 5.23. The molecule has 1 aromatic carbocycles. The van der Waals surface area contributed by atoms with Crippen LogP contribution in [0.4, 0.5) is 4.39 Å². The van der Waals surface area contributed by atoms with E-state index in [1.807, 2.05) is 0 Å². The van der Waals surface area contributed by atoms with Crippen LogP contribution >= 0.6 is 0 Å². The van der Waals surface area contributed by atoms with Crippen molar-refractivity contribution in [2.75, 3.05) is 0 Å². The van der Waals surface area contributed by atoms with Crippen molar-refractivity contribution in [2.24, 2.45) is 0 Å². The third-order valence-electron chi connectivity index (χ3n) is 3.13. The molecule has 0 spiro atoms. The Kier molecular flexibility index (Phi) is 4.02. The van der Waals surface area contributed by atoms with Gasteiger partial charge >= 0.3 is 5.69 Å². The van der Waals surface area contributed by atoms with Gasteiger partial charge in [0.25, 0.3) is 5.56 Å².